The van der Waals surface area contributed by atoms with Crippen LogP contribution in [-0.2, 0) is 4.79 Å². The van der Waals surface area contributed by atoms with E-state index in [1.807, 2.05) is 96.7 Å². The summed E-state index contributed by atoms with van der Waals surface area (Å²) in [6.07, 6.45) is 4.90. The maximum Gasteiger partial charge on any atom is 0.266 e. The van der Waals surface area contributed by atoms with Gasteiger partial charge in [0.2, 0.25) is 0 Å². The van der Waals surface area contributed by atoms with Gasteiger partial charge in [-0.05, 0) is 73.7 Å². The van der Waals surface area contributed by atoms with Gasteiger partial charge < -0.3 is 4.74 Å². The normalized spacial score (nSPS) is 15.3. The number of hydrogen-bond acceptors (Lipinski definition) is 5. The average Bonchev–Trinajstić information content (AvgIpc) is 3.50. The van der Waals surface area contributed by atoms with Crippen molar-refractivity contribution in [1.29, 1.82) is 0 Å². The molecule has 0 spiro atoms. The lowest BCUT2D eigenvalue weighted by Gasteiger charge is -2.23. The van der Waals surface area contributed by atoms with Gasteiger partial charge in [0.15, 0.2) is 0 Å². The third-order valence-electron chi connectivity index (χ3n) is 6.94. The van der Waals surface area contributed by atoms with E-state index >= 15 is 0 Å². The molecule has 1 fully saturated rings. The van der Waals surface area contributed by atoms with Crippen molar-refractivity contribution in [3.8, 4) is 22.7 Å². The van der Waals surface area contributed by atoms with E-state index in [2.05, 4.69) is 26.8 Å². The van der Waals surface area contributed by atoms with Gasteiger partial charge in [0.25, 0.3) is 5.91 Å². The highest BCUT2D eigenvalue weighted by Gasteiger charge is 2.36. The fourth-order valence-electron chi connectivity index (χ4n) is 4.63. The first-order chi connectivity index (χ1) is 19.3. The van der Waals surface area contributed by atoms with E-state index in [0.717, 1.165) is 45.8 Å². The van der Waals surface area contributed by atoms with Crippen molar-refractivity contribution in [3.05, 3.63) is 107 Å². The van der Waals surface area contributed by atoms with E-state index < -0.39 is 0 Å². The van der Waals surface area contributed by atoms with Crippen molar-refractivity contribution in [3.63, 3.8) is 0 Å². The molecule has 3 aromatic carbocycles. The Morgan fingerprint density at radius 3 is 2.38 bits per heavy atom. The van der Waals surface area contributed by atoms with Gasteiger partial charge in [-0.15, -0.1) is 0 Å². The molecule has 2 heterocycles. The number of rotatable bonds is 9. The quantitative estimate of drug-likeness (QED) is 0.151. The lowest BCUT2D eigenvalue weighted by atomic mass is 10.0. The predicted octanol–water partition coefficient (Wildman–Crippen LogP) is 8.24. The summed E-state index contributed by atoms with van der Waals surface area (Å²) < 4.78 is 8.46. The van der Waals surface area contributed by atoms with Gasteiger partial charge in [-0.1, -0.05) is 86.4 Å². The molecule has 0 unspecified atom stereocenters. The van der Waals surface area contributed by atoms with Crippen molar-refractivity contribution in [2.45, 2.75) is 40.2 Å². The van der Waals surface area contributed by atoms with Crippen LogP contribution in [0.3, 0.4) is 0 Å². The molecule has 1 aliphatic rings. The zero-order valence-corrected chi connectivity index (χ0v) is 24.8. The van der Waals surface area contributed by atoms with Gasteiger partial charge in [-0.3, -0.25) is 9.69 Å². The number of carbonyl (C=O) groups is 1. The van der Waals surface area contributed by atoms with Gasteiger partial charge in [-0.2, -0.15) is 5.10 Å². The van der Waals surface area contributed by atoms with Gasteiger partial charge >= 0.3 is 0 Å². The standard InChI is InChI=1S/C33H33N3O2S2/c1-22(2)17-18-38-29-16-15-26(19-23(29)3)31-27(21-35(34-31)28-13-9-6-10-14-28)20-30-32(37)36(33(39)40-30)24(4)25-11-7-5-8-12-25/h5-16,19-22,24H,17-18H2,1-4H3/b30-20-/t24-/m1/s1. The summed E-state index contributed by atoms with van der Waals surface area (Å²) in [7, 11) is 0. The fraction of sp³-hybridized carbons (Fsp3) is 0.242. The Morgan fingerprint density at radius 1 is 1.00 bits per heavy atom. The highest BCUT2D eigenvalue weighted by Crippen LogP contribution is 2.39. The van der Waals surface area contributed by atoms with Crippen molar-refractivity contribution < 1.29 is 9.53 Å². The number of hydrogen-bond donors (Lipinski definition) is 0. The van der Waals surface area contributed by atoms with E-state index in [-0.39, 0.29) is 11.9 Å². The molecule has 0 saturated carbocycles. The SMILES string of the molecule is Cc1cc(-c2nn(-c3ccccc3)cc2/C=C2\SC(=S)N([C@H](C)c3ccccc3)C2=O)ccc1OCCC(C)C. The van der Waals surface area contributed by atoms with Crippen LogP contribution in [0, 0.1) is 12.8 Å². The lowest BCUT2D eigenvalue weighted by Crippen LogP contribution is -2.30. The Hall–Kier alpha value is -3.68. The Labute approximate surface area is 245 Å². The van der Waals surface area contributed by atoms with Crippen molar-refractivity contribution in [1.82, 2.24) is 14.7 Å². The zero-order valence-electron chi connectivity index (χ0n) is 23.2. The third-order valence-corrected chi connectivity index (χ3v) is 8.27. The van der Waals surface area contributed by atoms with Crippen molar-refractivity contribution in [2.24, 2.45) is 5.92 Å². The Bertz CT molecular complexity index is 1540. The molecule has 0 aliphatic carbocycles. The molecule has 1 aliphatic heterocycles. The van der Waals surface area contributed by atoms with E-state index in [0.29, 0.717) is 21.8 Å². The topological polar surface area (TPSA) is 47.4 Å². The summed E-state index contributed by atoms with van der Waals surface area (Å²) in [5.74, 6) is 1.38. The summed E-state index contributed by atoms with van der Waals surface area (Å²) in [6, 6.07) is 25.9. The summed E-state index contributed by atoms with van der Waals surface area (Å²) in [4.78, 5) is 15.9. The van der Waals surface area contributed by atoms with Crippen LogP contribution >= 0.6 is 24.0 Å². The molecule has 4 aromatic rings. The summed E-state index contributed by atoms with van der Waals surface area (Å²) in [5, 5.41) is 4.96. The number of aromatic nitrogens is 2. The molecule has 1 amide bonds. The molecule has 5 nitrogen and oxygen atoms in total. The Balaban J connectivity index is 1.50. The number of thioether (sulfide) groups is 1. The van der Waals surface area contributed by atoms with Gasteiger partial charge in [0.05, 0.1) is 23.2 Å². The third kappa shape index (κ3) is 6.06. The first kappa shape index (κ1) is 27.9. The van der Waals surface area contributed by atoms with Crippen LogP contribution < -0.4 is 4.74 Å². The van der Waals surface area contributed by atoms with Crippen LogP contribution in [0.4, 0.5) is 0 Å². The Kier molecular flexibility index (Phi) is 8.52. The van der Waals surface area contributed by atoms with Crippen molar-refractivity contribution >= 4 is 40.3 Å². The van der Waals surface area contributed by atoms with Gasteiger partial charge in [0.1, 0.15) is 15.8 Å². The van der Waals surface area contributed by atoms with Gasteiger partial charge in [0, 0.05) is 17.3 Å². The second-order valence-electron chi connectivity index (χ2n) is 10.4. The summed E-state index contributed by atoms with van der Waals surface area (Å²) in [6.45, 7) is 9.14. The minimum Gasteiger partial charge on any atom is -0.493 e. The molecular formula is C33H33N3O2S2. The van der Waals surface area contributed by atoms with Crippen LogP contribution in [0.25, 0.3) is 23.0 Å². The molecule has 7 heteroatoms. The molecule has 5 rings (SSSR count). The molecule has 1 atom stereocenters. The first-order valence-corrected chi connectivity index (χ1v) is 14.7. The van der Waals surface area contributed by atoms with Gasteiger partial charge in [-0.25, -0.2) is 4.68 Å². The number of thiocarbonyl (C=S) groups is 1. The Morgan fingerprint density at radius 2 is 1.70 bits per heavy atom. The lowest BCUT2D eigenvalue weighted by molar-refractivity contribution is -0.123. The fourth-order valence-corrected chi connectivity index (χ4v) is 6.04. The molecule has 0 N–H and O–H groups in total. The van der Waals surface area contributed by atoms with E-state index in [1.165, 1.54) is 11.8 Å². The molecule has 1 aromatic heterocycles. The number of nitrogens with zero attached hydrogens (tertiary/aromatic N) is 3. The summed E-state index contributed by atoms with van der Waals surface area (Å²) >= 11 is 7.01. The number of benzene rings is 3. The molecule has 204 valence electrons. The van der Waals surface area contributed by atoms with Crippen LogP contribution in [0.5, 0.6) is 5.75 Å². The minimum absolute atomic E-state index is 0.0881. The highest BCUT2D eigenvalue weighted by molar-refractivity contribution is 8.26. The van der Waals surface area contributed by atoms with Crippen LogP contribution in [0.2, 0.25) is 0 Å². The molecule has 1 saturated heterocycles. The number of aryl methyl sites for hydroxylation is 1. The number of carbonyl (C=O) groups excluding carboxylic acids is 1. The van der Waals surface area contributed by atoms with Crippen molar-refractivity contribution in [2.75, 3.05) is 6.61 Å². The monoisotopic (exact) mass is 567 g/mol. The molecule has 40 heavy (non-hydrogen) atoms. The minimum atomic E-state index is -0.156. The largest absolute Gasteiger partial charge is 0.493 e. The number of para-hydroxylation sites is 1. The number of ether oxygens (including phenoxy) is 1. The second kappa shape index (κ2) is 12.2. The summed E-state index contributed by atoms with van der Waals surface area (Å²) in [5.41, 5.74) is 5.64. The van der Waals surface area contributed by atoms with Crippen LogP contribution in [0.1, 0.15) is 49.9 Å². The number of amides is 1. The second-order valence-corrected chi connectivity index (χ2v) is 12.0. The molecule has 0 radical (unpaired) electrons. The smallest absolute Gasteiger partial charge is 0.266 e. The maximum absolute atomic E-state index is 13.6. The predicted molar refractivity (Wildman–Crippen MR) is 169 cm³/mol. The first-order valence-electron chi connectivity index (χ1n) is 13.5. The van der Waals surface area contributed by atoms with Crippen LogP contribution in [-0.4, -0.2) is 31.5 Å². The molecule has 0 bridgehead atoms. The van der Waals surface area contributed by atoms with Crippen LogP contribution in [0.15, 0.2) is 90.0 Å². The maximum atomic E-state index is 13.6. The molecular weight excluding hydrogens is 535 g/mol. The van der Waals surface area contributed by atoms with E-state index in [4.69, 9.17) is 22.1 Å². The van der Waals surface area contributed by atoms with E-state index in [1.54, 1.807) is 4.90 Å². The van der Waals surface area contributed by atoms with E-state index in [9.17, 15) is 4.79 Å². The highest BCUT2D eigenvalue weighted by atomic mass is 32.2. The average molecular weight is 568 g/mol. The zero-order chi connectivity index (χ0) is 28.2.